The lowest BCUT2D eigenvalue weighted by atomic mass is 9.83. The molecule has 4 fully saturated rings. The van der Waals surface area contributed by atoms with Gasteiger partial charge in [0.25, 0.3) is 23.6 Å². The number of hydrogen-bond donors (Lipinski definition) is 4. The number of carbonyl (C=O) groups is 4. The molecule has 0 bridgehead atoms. The van der Waals surface area contributed by atoms with E-state index >= 15 is 0 Å². The first-order valence-corrected chi connectivity index (χ1v) is 49.0. The van der Waals surface area contributed by atoms with E-state index in [0.717, 1.165) is 93.2 Å². The third-order valence-corrected chi connectivity index (χ3v) is 32.3. The predicted octanol–water partition coefficient (Wildman–Crippen LogP) is 11.7. The Morgan fingerprint density at radius 1 is 0.307 bits per heavy atom. The molecule has 2 aliphatic carbocycles. The number of morpholine rings is 4. The lowest BCUT2D eigenvalue weighted by molar-refractivity contribution is -0.0198. The minimum absolute atomic E-state index is 0.0198. The van der Waals surface area contributed by atoms with Crippen molar-refractivity contribution < 1.29 is 58.6 Å². The molecule has 4 saturated heterocycles. The number of thioether (sulfide) groups is 2. The molecule has 4 amide bonds. The Morgan fingerprint density at radius 2 is 0.600 bits per heavy atom. The highest BCUT2D eigenvalue weighted by atomic mass is 32.2. The second-order valence-electron chi connectivity index (χ2n) is 36.7. The van der Waals surface area contributed by atoms with Gasteiger partial charge < -0.3 is 59.0 Å². The second-order valence-corrected chi connectivity index (χ2v) is 39.2. The van der Waals surface area contributed by atoms with Gasteiger partial charge in [0, 0.05) is 143 Å². The quantitative estimate of drug-likeness (QED) is 0.127. The number of para-hydroxylation sites is 2. The molecule has 12 aliphatic heterocycles. The SMILES string of the molecule is O=C1c2c(O)c(=O)ccn2N(C2c3ccccc3-c3nccn3-c3ccccc32)C2COCCN12.O=C1c2c(O)c(=O)ccn2N(C2c3ccccc3SC3CCCc4cccc2c43)C2COCCN12.O=C1c2c(O)c(=O)ccn2N([C@@H]2c3ccccc3SC3CCCc4cccc2c43)[C@@H]2COCCN12.O=C1c2c(O)c(=O)ccn2N([C@H]2c3ccccc3-c3nccn3-c3ccccc32)[C@@H]2COCCN12. The first-order valence-electron chi connectivity index (χ1n) is 47.2. The standard InChI is InChI=1S/2C27H25N3O4S.2C26H21N5O4/c2*31-19-11-12-29-25(26(19)32)27(33)28-13-14-34-15-22(28)30(29)24-17-7-1-2-9-20(17)35-21-10-4-6-16-5-3-8-18(24)23(16)21;2*32-20-9-11-30-23(24(20)33)26(34)29-13-14-35-15-21(29)31(30)22-16-5-1-2-6-17(16)25-27-10-12-28(25)19-8-4-3-7-18(19)22/h2*1-3,5,7-9,11-12,21-22,24,32H,4,6,10,13-15H2;2*1-12,21-22,33H,13-15H2/t21?,22-,24-;;21-,22+;/m1.1./s1. The number of pyridine rings is 4. The molecule has 8 aromatic carbocycles. The fraction of sp³-hybridized carbons (Fsp3) is 0.264. The third-order valence-electron chi connectivity index (χ3n) is 29.5. The molecule has 0 spiro atoms. The number of fused-ring (bicyclic) bond motifs is 20. The van der Waals surface area contributed by atoms with Crippen LogP contribution in [0.4, 0.5) is 0 Å². The molecule has 4 N–H and O–H groups in total. The third kappa shape index (κ3) is 13.5. The van der Waals surface area contributed by atoms with Gasteiger partial charge in [0.1, 0.15) is 48.4 Å². The zero-order chi connectivity index (χ0) is 94.7. The van der Waals surface area contributed by atoms with Crippen LogP contribution in [-0.4, -0.2) is 205 Å². The average Bonchev–Trinajstić information content (AvgIpc) is 1.43. The number of rotatable bonds is 4. The van der Waals surface area contributed by atoms with Crippen molar-refractivity contribution in [1.82, 2.24) is 57.4 Å². The number of aromatic hydroxyl groups is 4. The van der Waals surface area contributed by atoms with Gasteiger partial charge in [-0.2, -0.15) is 0 Å². The summed E-state index contributed by atoms with van der Waals surface area (Å²) in [4.78, 5) is 122. The lowest BCUT2D eigenvalue weighted by Crippen LogP contribution is -2.66. The van der Waals surface area contributed by atoms with Crippen LogP contribution in [0.15, 0.2) is 285 Å². The molecule has 0 saturated carbocycles. The summed E-state index contributed by atoms with van der Waals surface area (Å²) in [5, 5.41) is 52.1. The molecule has 18 heterocycles. The summed E-state index contributed by atoms with van der Waals surface area (Å²) in [6.07, 6.45) is 18.9. The van der Waals surface area contributed by atoms with E-state index in [2.05, 4.69) is 138 Å². The van der Waals surface area contributed by atoms with E-state index in [0.29, 0.717) is 89.5 Å². The number of aromatic nitrogens is 8. The van der Waals surface area contributed by atoms with Crippen LogP contribution in [-0.2, 0) is 31.8 Å². The monoisotopic (exact) mass is 1910 g/mol. The van der Waals surface area contributed by atoms with Crippen molar-refractivity contribution >= 4 is 47.2 Å². The summed E-state index contributed by atoms with van der Waals surface area (Å²) in [5.41, 5.74) is 15.8. The minimum atomic E-state index is -0.585. The molecular formula is C106H92N16O16S2. The topological polar surface area (TPSA) is 336 Å². The van der Waals surface area contributed by atoms with Crippen LogP contribution < -0.4 is 41.8 Å². The highest BCUT2D eigenvalue weighted by Crippen LogP contribution is 2.57. The Kier molecular flexibility index (Phi) is 21.3. The molecule has 10 atom stereocenters. The Labute approximate surface area is 808 Å². The Morgan fingerprint density at radius 3 is 0.943 bits per heavy atom. The van der Waals surface area contributed by atoms with Crippen molar-refractivity contribution in [3.8, 4) is 57.1 Å². The summed E-state index contributed by atoms with van der Waals surface area (Å²) in [6, 6.07) is 66.5. The Bertz CT molecular complexity index is 7170. The number of hydrogen-bond acceptors (Lipinski definition) is 24. The summed E-state index contributed by atoms with van der Waals surface area (Å²) in [6.45, 7) is 4.45. The van der Waals surface area contributed by atoms with Gasteiger partial charge in [0.2, 0.25) is 21.7 Å². The molecule has 140 heavy (non-hydrogen) atoms. The highest BCUT2D eigenvalue weighted by molar-refractivity contribution is 7.99. The van der Waals surface area contributed by atoms with E-state index < -0.39 is 57.0 Å². The highest BCUT2D eigenvalue weighted by Gasteiger charge is 2.53. The van der Waals surface area contributed by atoms with Crippen LogP contribution >= 0.6 is 23.5 Å². The molecule has 34 heteroatoms. The zero-order valence-electron chi connectivity index (χ0n) is 75.4. The minimum Gasteiger partial charge on any atom is -0.502 e. The molecular weight excluding hydrogens is 1820 g/mol. The molecule has 14 aliphatic rings. The number of nitrogens with zero attached hydrogens (tertiary/aromatic N) is 16. The van der Waals surface area contributed by atoms with Crippen molar-refractivity contribution in [2.45, 2.75) is 108 Å². The van der Waals surface area contributed by atoms with Gasteiger partial charge in [0.15, 0.2) is 45.8 Å². The first-order chi connectivity index (χ1) is 68.6. The van der Waals surface area contributed by atoms with Gasteiger partial charge in [-0.15, -0.1) is 23.5 Å². The number of benzene rings is 8. The molecule has 704 valence electrons. The molecule has 32 nitrogen and oxygen atoms in total. The fourth-order valence-electron chi connectivity index (χ4n) is 23.5. The second kappa shape index (κ2) is 34.4. The number of aryl methyl sites for hydroxylation is 2. The van der Waals surface area contributed by atoms with Gasteiger partial charge in [-0.1, -0.05) is 158 Å². The molecule has 6 unspecified atom stereocenters. The lowest BCUT2D eigenvalue weighted by Gasteiger charge is -2.51. The van der Waals surface area contributed by atoms with Crippen molar-refractivity contribution in [2.24, 2.45) is 0 Å². The fourth-order valence-corrected chi connectivity index (χ4v) is 26.4. The van der Waals surface area contributed by atoms with Crippen molar-refractivity contribution in [3.63, 3.8) is 0 Å². The number of amides is 4. The van der Waals surface area contributed by atoms with Crippen molar-refractivity contribution in [2.75, 3.05) is 99.1 Å². The smallest absolute Gasteiger partial charge is 0.278 e. The summed E-state index contributed by atoms with van der Waals surface area (Å²) in [7, 11) is 0. The maximum absolute atomic E-state index is 13.5. The molecule has 6 aromatic heterocycles. The van der Waals surface area contributed by atoms with E-state index in [9.17, 15) is 58.8 Å². The van der Waals surface area contributed by atoms with Gasteiger partial charge in [-0.05, 0) is 118 Å². The molecule has 0 radical (unpaired) electrons. The van der Waals surface area contributed by atoms with Crippen LogP contribution in [0.2, 0.25) is 0 Å². The largest absolute Gasteiger partial charge is 0.502 e. The van der Waals surface area contributed by atoms with Crippen molar-refractivity contribution in [3.05, 3.63) is 386 Å². The predicted molar refractivity (Wildman–Crippen MR) is 519 cm³/mol. The van der Waals surface area contributed by atoms with Crippen LogP contribution in [0.25, 0.3) is 34.2 Å². The van der Waals surface area contributed by atoms with E-state index in [1.54, 1.807) is 75.5 Å². The number of carbonyl (C=O) groups excluding carboxylic acids is 4. The molecule has 28 rings (SSSR count). The maximum atomic E-state index is 13.5. The van der Waals surface area contributed by atoms with Gasteiger partial charge in [0.05, 0.1) is 76.3 Å². The van der Waals surface area contributed by atoms with Crippen LogP contribution in [0.3, 0.4) is 0 Å². The Balaban J connectivity index is 0.0000000985. The van der Waals surface area contributed by atoms with Gasteiger partial charge in [-0.3, -0.25) is 86.2 Å². The van der Waals surface area contributed by atoms with Gasteiger partial charge in [-0.25, -0.2) is 9.97 Å². The van der Waals surface area contributed by atoms with Crippen LogP contribution in [0, 0.1) is 0 Å². The Hall–Kier alpha value is -15.2. The normalized spacial score (nSPS) is 22.5. The van der Waals surface area contributed by atoms with Crippen LogP contribution in [0.1, 0.15) is 169 Å². The summed E-state index contributed by atoms with van der Waals surface area (Å²) >= 11 is 3.85. The van der Waals surface area contributed by atoms with E-state index in [1.807, 2.05) is 119 Å². The van der Waals surface area contributed by atoms with Crippen molar-refractivity contribution in [1.29, 1.82) is 0 Å². The van der Waals surface area contributed by atoms with Gasteiger partial charge >= 0.3 is 0 Å². The van der Waals surface area contributed by atoms with Crippen LogP contribution in [0.5, 0.6) is 23.0 Å². The van der Waals surface area contributed by atoms with E-state index in [1.165, 1.54) is 80.3 Å². The zero-order valence-corrected chi connectivity index (χ0v) is 77.0. The maximum Gasteiger partial charge on any atom is 0.278 e. The number of ether oxygens (including phenoxy) is 4. The summed E-state index contributed by atoms with van der Waals surface area (Å²) < 4.78 is 34.2. The number of imidazole rings is 2. The van der Waals surface area contributed by atoms with E-state index in [4.69, 9.17) is 18.9 Å². The summed E-state index contributed by atoms with van der Waals surface area (Å²) in [5.74, 6) is -1.89. The average molecular weight is 1910 g/mol. The van der Waals surface area contributed by atoms with E-state index in [-0.39, 0.29) is 82.9 Å². The first kappa shape index (κ1) is 86.4. The molecule has 14 aromatic rings.